The first kappa shape index (κ1) is 18.9. The fraction of sp³-hybridized carbons (Fsp3) is 0.529. The molecule has 2 aromatic heterocycles. The molecule has 0 aliphatic carbocycles. The maximum atomic E-state index is 12.7. The van der Waals surface area contributed by atoms with Gasteiger partial charge in [-0.1, -0.05) is 13.8 Å². The summed E-state index contributed by atoms with van der Waals surface area (Å²) in [6, 6.07) is 2.83. The minimum Gasteiger partial charge on any atom is -0.368 e. The number of nitrogens with zero attached hydrogens (tertiary/aromatic N) is 3. The van der Waals surface area contributed by atoms with Gasteiger partial charge in [0.15, 0.2) is 11.3 Å². The van der Waals surface area contributed by atoms with Crippen molar-refractivity contribution in [3.05, 3.63) is 24.0 Å². The van der Waals surface area contributed by atoms with Crippen LogP contribution in [0.25, 0.3) is 11.0 Å². The molecule has 25 heavy (non-hydrogen) atoms. The van der Waals surface area contributed by atoms with Gasteiger partial charge in [0.2, 0.25) is 5.91 Å². The zero-order valence-corrected chi connectivity index (χ0v) is 14.7. The third kappa shape index (κ3) is 4.76. The van der Waals surface area contributed by atoms with Crippen molar-refractivity contribution in [2.45, 2.75) is 45.7 Å². The topological polar surface area (TPSA) is 129 Å². The van der Waals surface area contributed by atoms with Crippen LogP contribution in [0.3, 0.4) is 0 Å². The lowest BCUT2D eigenvalue weighted by molar-refractivity contribution is -0.120. The molecule has 0 aliphatic heterocycles. The fourth-order valence-electron chi connectivity index (χ4n) is 2.68. The third-order valence-corrected chi connectivity index (χ3v) is 3.90. The number of unbranched alkanes of at least 4 members (excludes halogenated alkanes) is 1. The highest BCUT2D eigenvalue weighted by Gasteiger charge is 2.24. The van der Waals surface area contributed by atoms with Gasteiger partial charge in [-0.3, -0.25) is 9.59 Å². The maximum absolute atomic E-state index is 12.7. The first-order chi connectivity index (χ1) is 11.9. The summed E-state index contributed by atoms with van der Waals surface area (Å²) in [4.78, 5) is 28.6. The molecular formula is C17H26N6O2. The molecule has 0 aliphatic rings. The van der Waals surface area contributed by atoms with Gasteiger partial charge in [-0.15, -0.1) is 0 Å². The van der Waals surface area contributed by atoms with Crippen molar-refractivity contribution in [1.29, 1.82) is 0 Å². The van der Waals surface area contributed by atoms with Crippen LogP contribution in [-0.2, 0) is 11.3 Å². The SMILES string of the molecule is CC(C)CC(NC(=O)c1nn(CCCCN)c2ncccc12)C(N)=O. The number of amides is 2. The Kier molecular flexibility index (Phi) is 6.46. The number of carbonyl (C=O) groups is 2. The summed E-state index contributed by atoms with van der Waals surface area (Å²) in [6.07, 6.45) is 3.86. The molecule has 0 saturated heterocycles. The molecule has 2 heterocycles. The number of rotatable bonds is 9. The van der Waals surface area contributed by atoms with Crippen molar-refractivity contribution in [3.63, 3.8) is 0 Å². The van der Waals surface area contributed by atoms with E-state index in [-0.39, 0.29) is 11.6 Å². The Bertz CT molecular complexity index is 740. The minimum atomic E-state index is -0.721. The van der Waals surface area contributed by atoms with Gasteiger partial charge in [0.05, 0.1) is 5.39 Å². The van der Waals surface area contributed by atoms with Gasteiger partial charge in [0, 0.05) is 12.7 Å². The van der Waals surface area contributed by atoms with Crippen LogP contribution < -0.4 is 16.8 Å². The van der Waals surface area contributed by atoms with Crippen LogP contribution in [0, 0.1) is 5.92 Å². The molecule has 2 amide bonds. The zero-order valence-electron chi connectivity index (χ0n) is 14.7. The molecule has 2 aromatic rings. The van der Waals surface area contributed by atoms with Gasteiger partial charge in [-0.2, -0.15) is 5.10 Å². The van der Waals surface area contributed by atoms with Crippen molar-refractivity contribution in [1.82, 2.24) is 20.1 Å². The van der Waals surface area contributed by atoms with E-state index >= 15 is 0 Å². The summed E-state index contributed by atoms with van der Waals surface area (Å²) < 4.78 is 1.71. The standard InChI is InChI=1S/C17H26N6O2/c1-11(2)10-13(15(19)24)21-17(25)14-12-6-5-8-20-16(12)23(22-14)9-4-3-7-18/h5-6,8,11,13H,3-4,7,9-10,18H2,1-2H3,(H2,19,24)(H,21,25). The predicted octanol–water partition coefficient (Wildman–Crippen LogP) is 0.800. The zero-order chi connectivity index (χ0) is 18.4. The number of carbonyl (C=O) groups excluding carboxylic acids is 2. The van der Waals surface area contributed by atoms with E-state index in [1.165, 1.54) is 0 Å². The molecule has 0 bridgehead atoms. The van der Waals surface area contributed by atoms with Crippen LogP contribution in [-0.4, -0.2) is 39.2 Å². The molecule has 1 unspecified atom stereocenters. The summed E-state index contributed by atoms with van der Waals surface area (Å²) in [5.41, 5.74) is 11.8. The molecule has 0 spiro atoms. The van der Waals surface area contributed by atoms with E-state index in [0.29, 0.717) is 30.5 Å². The second kappa shape index (κ2) is 8.57. The fourth-order valence-corrected chi connectivity index (χ4v) is 2.68. The summed E-state index contributed by atoms with van der Waals surface area (Å²) in [7, 11) is 0. The quantitative estimate of drug-likeness (QED) is 0.578. The molecule has 5 N–H and O–H groups in total. The van der Waals surface area contributed by atoms with Crippen LogP contribution in [0.2, 0.25) is 0 Å². The van der Waals surface area contributed by atoms with Crippen molar-refractivity contribution in [2.24, 2.45) is 17.4 Å². The highest BCUT2D eigenvalue weighted by Crippen LogP contribution is 2.17. The third-order valence-electron chi connectivity index (χ3n) is 3.90. The van der Waals surface area contributed by atoms with Crippen LogP contribution in [0.4, 0.5) is 0 Å². The van der Waals surface area contributed by atoms with Crippen LogP contribution >= 0.6 is 0 Å². The van der Waals surface area contributed by atoms with E-state index in [2.05, 4.69) is 15.4 Å². The molecule has 0 saturated carbocycles. The maximum Gasteiger partial charge on any atom is 0.273 e. The Hall–Kier alpha value is -2.48. The molecule has 1 atom stereocenters. The number of pyridine rings is 1. The highest BCUT2D eigenvalue weighted by molar-refractivity contribution is 6.05. The summed E-state index contributed by atoms with van der Waals surface area (Å²) in [5.74, 6) is -0.739. The normalized spacial score (nSPS) is 12.5. The number of hydrogen-bond donors (Lipinski definition) is 3. The molecule has 8 nitrogen and oxygen atoms in total. The van der Waals surface area contributed by atoms with Crippen molar-refractivity contribution in [3.8, 4) is 0 Å². The Morgan fingerprint density at radius 3 is 2.72 bits per heavy atom. The van der Waals surface area contributed by atoms with Gasteiger partial charge in [0.25, 0.3) is 5.91 Å². The predicted molar refractivity (Wildman–Crippen MR) is 95.7 cm³/mol. The summed E-state index contributed by atoms with van der Waals surface area (Å²) in [6.45, 7) is 5.17. The highest BCUT2D eigenvalue weighted by atomic mass is 16.2. The van der Waals surface area contributed by atoms with Crippen molar-refractivity contribution >= 4 is 22.8 Å². The first-order valence-corrected chi connectivity index (χ1v) is 8.55. The van der Waals surface area contributed by atoms with Crippen LogP contribution in [0.1, 0.15) is 43.6 Å². The lowest BCUT2D eigenvalue weighted by Crippen LogP contribution is -2.45. The van der Waals surface area contributed by atoms with E-state index in [1.807, 2.05) is 13.8 Å². The Balaban J connectivity index is 2.26. The number of hydrogen-bond acceptors (Lipinski definition) is 5. The number of fused-ring (bicyclic) bond motifs is 1. The van der Waals surface area contributed by atoms with Gasteiger partial charge < -0.3 is 16.8 Å². The average molecular weight is 346 g/mol. The average Bonchev–Trinajstić information content (AvgIpc) is 2.93. The van der Waals surface area contributed by atoms with Gasteiger partial charge in [0.1, 0.15) is 6.04 Å². The summed E-state index contributed by atoms with van der Waals surface area (Å²) >= 11 is 0. The second-order valence-corrected chi connectivity index (χ2v) is 6.50. The van der Waals surface area contributed by atoms with E-state index in [9.17, 15) is 9.59 Å². The Labute approximate surface area is 147 Å². The van der Waals surface area contributed by atoms with Crippen LogP contribution in [0.15, 0.2) is 18.3 Å². The monoisotopic (exact) mass is 346 g/mol. The smallest absolute Gasteiger partial charge is 0.273 e. The number of nitrogens with two attached hydrogens (primary N) is 2. The number of aryl methyl sites for hydroxylation is 1. The van der Waals surface area contributed by atoms with Crippen molar-refractivity contribution in [2.75, 3.05) is 6.54 Å². The lowest BCUT2D eigenvalue weighted by Gasteiger charge is -2.16. The first-order valence-electron chi connectivity index (χ1n) is 8.55. The molecular weight excluding hydrogens is 320 g/mol. The summed E-state index contributed by atoms with van der Waals surface area (Å²) in [5, 5.41) is 7.75. The molecule has 136 valence electrons. The Morgan fingerprint density at radius 1 is 1.32 bits per heavy atom. The number of aromatic nitrogens is 3. The molecule has 0 radical (unpaired) electrons. The lowest BCUT2D eigenvalue weighted by atomic mass is 10.0. The van der Waals surface area contributed by atoms with Crippen LogP contribution in [0.5, 0.6) is 0 Å². The molecule has 8 heteroatoms. The molecule has 0 aromatic carbocycles. The van der Waals surface area contributed by atoms with Crippen molar-refractivity contribution < 1.29 is 9.59 Å². The van der Waals surface area contributed by atoms with Gasteiger partial charge in [-0.05, 0) is 43.9 Å². The molecule has 2 rings (SSSR count). The number of primary amides is 1. The van der Waals surface area contributed by atoms with E-state index < -0.39 is 17.9 Å². The minimum absolute atomic E-state index is 0.227. The van der Waals surface area contributed by atoms with E-state index in [4.69, 9.17) is 11.5 Å². The molecule has 0 fully saturated rings. The van der Waals surface area contributed by atoms with Gasteiger partial charge >= 0.3 is 0 Å². The Morgan fingerprint density at radius 2 is 2.08 bits per heavy atom. The largest absolute Gasteiger partial charge is 0.368 e. The van der Waals surface area contributed by atoms with E-state index in [0.717, 1.165) is 12.8 Å². The second-order valence-electron chi connectivity index (χ2n) is 6.50. The number of nitrogens with one attached hydrogen (secondary N) is 1. The van der Waals surface area contributed by atoms with Gasteiger partial charge in [-0.25, -0.2) is 9.67 Å². The van der Waals surface area contributed by atoms with E-state index in [1.54, 1.807) is 23.0 Å².